The van der Waals surface area contributed by atoms with Crippen molar-refractivity contribution in [3.8, 4) is 0 Å². The van der Waals surface area contributed by atoms with Crippen LogP contribution in [-0.4, -0.2) is 17.5 Å². The largest absolute Gasteiger partial charge is 0.395 e. The molecular formula is C9H10N2O3. The van der Waals surface area contributed by atoms with E-state index in [1.54, 1.807) is 0 Å². The van der Waals surface area contributed by atoms with Crippen LogP contribution < -0.4 is 11.1 Å². The van der Waals surface area contributed by atoms with Crippen molar-refractivity contribution in [1.29, 1.82) is 0 Å². The summed E-state index contributed by atoms with van der Waals surface area (Å²) >= 11 is 0. The second kappa shape index (κ2) is 3.45. The van der Waals surface area contributed by atoms with Crippen LogP contribution in [0.4, 0.5) is 0 Å². The van der Waals surface area contributed by atoms with E-state index in [-0.39, 0.29) is 17.0 Å². The highest BCUT2D eigenvalue weighted by Gasteiger charge is 2.24. The molecule has 0 fully saturated rings. The first kappa shape index (κ1) is 10.2. The molecule has 3 N–H and O–H groups in total. The first-order valence-corrected chi connectivity index (χ1v) is 3.98. The van der Waals surface area contributed by atoms with Crippen LogP contribution in [0.25, 0.3) is 0 Å². The van der Waals surface area contributed by atoms with Gasteiger partial charge in [0, 0.05) is 18.6 Å². The maximum atomic E-state index is 11.4. The topological polar surface area (TPSA) is 89.3 Å². The van der Waals surface area contributed by atoms with E-state index < -0.39 is 17.5 Å². The Bertz CT molecular complexity index is 391. The first-order valence-electron chi connectivity index (χ1n) is 3.98. The Morgan fingerprint density at radius 3 is 2.50 bits per heavy atom. The zero-order valence-corrected chi connectivity index (χ0v) is 7.88. The minimum absolute atomic E-state index is 0.0193. The zero-order valence-electron chi connectivity index (χ0n) is 7.88. The molecular weight excluding hydrogens is 184 g/mol. The lowest BCUT2D eigenvalue weighted by atomic mass is 9.99. The number of amides is 1. The summed E-state index contributed by atoms with van der Waals surface area (Å²) < 4.78 is 0. The molecule has 0 heterocycles. The predicted molar refractivity (Wildman–Crippen MR) is 48.8 cm³/mol. The number of hydrogen-bond donors (Lipinski definition) is 2. The van der Waals surface area contributed by atoms with Crippen molar-refractivity contribution in [2.75, 3.05) is 0 Å². The van der Waals surface area contributed by atoms with Crippen LogP contribution in [0.2, 0.25) is 0 Å². The number of carbonyl (C=O) groups is 3. The molecule has 1 aliphatic rings. The van der Waals surface area contributed by atoms with Gasteiger partial charge >= 0.3 is 0 Å². The number of nitrogens with one attached hydrogen (secondary N) is 1. The Kier molecular flexibility index (Phi) is 2.51. The molecule has 5 nitrogen and oxygen atoms in total. The van der Waals surface area contributed by atoms with Gasteiger partial charge in [0.25, 0.3) is 0 Å². The number of ketones is 2. The highest BCUT2D eigenvalue weighted by Crippen LogP contribution is 2.13. The van der Waals surface area contributed by atoms with Crippen molar-refractivity contribution < 1.29 is 14.4 Å². The molecule has 1 rings (SSSR count). The Morgan fingerprint density at radius 2 is 2.00 bits per heavy atom. The molecule has 1 amide bonds. The fourth-order valence-electron chi connectivity index (χ4n) is 1.07. The molecule has 0 saturated heterocycles. The second-order valence-electron chi connectivity index (χ2n) is 2.97. The summed E-state index contributed by atoms with van der Waals surface area (Å²) in [4.78, 5) is 33.3. The van der Waals surface area contributed by atoms with Gasteiger partial charge in [-0.15, -0.1) is 0 Å². The van der Waals surface area contributed by atoms with Gasteiger partial charge in [0.1, 0.15) is 0 Å². The zero-order chi connectivity index (χ0) is 10.9. The van der Waals surface area contributed by atoms with Crippen LogP contribution in [0, 0.1) is 0 Å². The van der Waals surface area contributed by atoms with Gasteiger partial charge in [0.2, 0.25) is 17.5 Å². The maximum Gasteiger partial charge on any atom is 0.221 e. The molecule has 0 unspecified atom stereocenters. The molecule has 0 spiro atoms. The number of hydrogen-bond acceptors (Lipinski definition) is 4. The average molecular weight is 194 g/mol. The summed E-state index contributed by atoms with van der Waals surface area (Å²) in [6.45, 7) is 2.71. The molecule has 0 aromatic heterocycles. The van der Waals surface area contributed by atoms with Crippen molar-refractivity contribution in [3.63, 3.8) is 0 Å². The molecule has 5 heteroatoms. The predicted octanol–water partition coefficient (Wildman–Crippen LogP) is -0.609. The maximum absolute atomic E-state index is 11.4. The van der Waals surface area contributed by atoms with Crippen LogP contribution in [-0.2, 0) is 14.4 Å². The molecule has 74 valence electrons. The summed E-state index contributed by atoms with van der Waals surface area (Å²) in [6, 6.07) is 0. The van der Waals surface area contributed by atoms with Gasteiger partial charge in [-0.05, 0) is 6.92 Å². The lowest BCUT2D eigenvalue weighted by molar-refractivity contribution is -0.121. The third-order valence-corrected chi connectivity index (χ3v) is 1.84. The SMILES string of the molecule is CC(=O)NC1=CC(=O)C(N)=C(C)C1=O. The van der Waals surface area contributed by atoms with Gasteiger partial charge in [0.15, 0.2) is 0 Å². The third kappa shape index (κ3) is 1.71. The van der Waals surface area contributed by atoms with Crippen LogP contribution in [0.1, 0.15) is 13.8 Å². The van der Waals surface area contributed by atoms with Gasteiger partial charge in [-0.2, -0.15) is 0 Å². The van der Waals surface area contributed by atoms with Crippen LogP contribution in [0.3, 0.4) is 0 Å². The minimum Gasteiger partial charge on any atom is -0.395 e. The lowest BCUT2D eigenvalue weighted by Crippen LogP contribution is -2.31. The van der Waals surface area contributed by atoms with Crippen molar-refractivity contribution in [1.82, 2.24) is 5.32 Å². The molecule has 14 heavy (non-hydrogen) atoms. The van der Waals surface area contributed by atoms with E-state index in [1.165, 1.54) is 13.8 Å². The number of rotatable bonds is 1. The third-order valence-electron chi connectivity index (χ3n) is 1.84. The Balaban J connectivity index is 3.03. The van der Waals surface area contributed by atoms with E-state index in [0.717, 1.165) is 6.08 Å². The van der Waals surface area contributed by atoms with Gasteiger partial charge < -0.3 is 11.1 Å². The Labute approximate surface area is 80.6 Å². The highest BCUT2D eigenvalue weighted by molar-refractivity contribution is 6.22. The first-order chi connectivity index (χ1) is 6.43. The standard InChI is InChI=1S/C9H10N2O3/c1-4-8(10)7(13)3-6(9(4)14)11-5(2)12/h3H,10H2,1-2H3,(H,11,12). The van der Waals surface area contributed by atoms with E-state index in [4.69, 9.17) is 5.73 Å². The van der Waals surface area contributed by atoms with Gasteiger partial charge in [-0.3, -0.25) is 14.4 Å². The lowest BCUT2D eigenvalue weighted by Gasteiger charge is -2.13. The van der Waals surface area contributed by atoms with Gasteiger partial charge in [-0.1, -0.05) is 0 Å². The summed E-state index contributed by atoms with van der Waals surface area (Å²) in [5, 5.41) is 2.27. The highest BCUT2D eigenvalue weighted by atomic mass is 16.2. The number of Topliss-reactive ketones (excluding diaryl/α,β-unsaturated/α-hetero) is 1. The monoisotopic (exact) mass is 194 g/mol. The van der Waals surface area contributed by atoms with Crippen LogP contribution in [0.5, 0.6) is 0 Å². The summed E-state index contributed by atoms with van der Waals surface area (Å²) in [6.07, 6.45) is 1.03. The van der Waals surface area contributed by atoms with Gasteiger partial charge in [0.05, 0.1) is 11.4 Å². The van der Waals surface area contributed by atoms with E-state index in [9.17, 15) is 14.4 Å². The van der Waals surface area contributed by atoms with E-state index in [0.29, 0.717) is 0 Å². The molecule has 0 aliphatic heterocycles. The van der Waals surface area contributed by atoms with Crippen molar-refractivity contribution >= 4 is 17.5 Å². The van der Waals surface area contributed by atoms with E-state index >= 15 is 0 Å². The molecule has 0 atom stereocenters. The fourth-order valence-corrected chi connectivity index (χ4v) is 1.07. The van der Waals surface area contributed by atoms with E-state index in [2.05, 4.69) is 5.32 Å². The molecule has 0 bridgehead atoms. The molecule has 0 aromatic carbocycles. The summed E-state index contributed by atoms with van der Waals surface area (Å²) in [5.41, 5.74) is 5.44. The second-order valence-corrected chi connectivity index (χ2v) is 2.97. The quantitative estimate of drug-likeness (QED) is 0.545. The molecule has 0 aromatic rings. The normalized spacial score (nSPS) is 16.9. The van der Waals surface area contributed by atoms with Crippen molar-refractivity contribution in [3.05, 3.63) is 23.0 Å². The molecule has 1 aliphatic carbocycles. The fraction of sp³-hybridized carbons (Fsp3) is 0.222. The average Bonchev–Trinajstić information content (AvgIpc) is 2.10. The van der Waals surface area contributed by atoms with E-state index in [1.807, 2.05) is 0 Å². The van der Waals surface area contributed by atoms with Gasteiger partial charge in [-0.25, -0.2) is 0 Å². The molecule has 0 saturated carbocycles. The number of allylic oxidation sites excluding steroid dienone is 2. The number of nitrogens with two attached hydrogens (primary N) is 1. The van der Waals surface area contributed by atoms with Crippen molar-refractivity contribution in [2.24, 2.45) is 5.73 Å². The summed E-state index contributed by atoms with van der Waals surface area (Å²) in [7, 11) is 0. The Hall–Kier alpha value is -1.91. The Morgan fingerprint density at radius 1 is 1.43 bits per heavy atom. The van der Waals surface area contributed by atoms with Crippen LogP contribution in [0.15, 0.2) is 23.0 Å². The summed E-state index contributed by atoms with van der Waals surface area (Å²) in [5.74, 6) is -1.27. The minimum atomic E-state index is -0.453. The van der Waals surface area contributed by atoms with Crippen LogP contribution >= 0.6 is 0 Å². The number of carbonyl (C=O) groups excluding carboxylic acids is 3. The molecule has 0 radical (unpaired) electrons. The van der Waals surface area contributed by atoms with Crippen molar-refractivity contribution in [2.45, 2.75) is 13.8 Å². The smallest absolute Gasteiger partial charge is 0.221 e.